The highest BCUT2D eigenvalue weighted by Gasteiger charge is 2.34. The van der Waals surface area contributed by atoms with E-state index in [2.05, 4.69) is 5.32 Å². The number of hydrogen-bond acceptors (Lipinski definition) is 8. The third kappa shape index (κ3) is 5.05. The molecule has 2 N–H and O–H groups in total. The summed E-state index contributed by atoms with van der Waals surface area (Å²) in [5, 5.41) is 12.0. The van der Waals surface area contributed by atoms with Gasteiger partial charge in [0.05, 0.1) is 38.0 Å². The Kier molecular flexibility index (Phi) is 7.33. The number of nitrogens with one attached hydrogen (secondary N) is 1. The number of nitrogens with zero attached hydrogens (tertiary/aromatic N) is 1. The van der Waals surface area contributed by atoms with Crippen molar-refractivity contribution in [3.63, 3.8) is 0 Å². The van der Waals surface area contributed by atoms with Crippen LogP contribution >= 0.6 is 0 Å². The van der Waals surface area contributed by atoms with Gasteiger partial charge < -0.3 is 29.5 Å². The Labute approximate surface area is 156 Å². The van der Waals surface area contributed by atoms with Crippen LogP contribution in [0, 0.1) is 0 Å². The lowest BCUT2D eigenvalue weighted by Crippen LogP contribution is -2.31. The van der Waals surface area contributed by atoms with Crippen molar-refractivity contribution in [2.24, 2.45) is 0 Å². The van der Waals surface area contributed by atoms with Gasteiger partial charge in [-0.05, 0) is 24.3 Å². The summed E-state index contributed by atoms with van der Waals surface area (Å²) in [6.07, 6.45) is 0. The quantitative estimate of drug-likeness (QED) is 0.461. The summed E-state index contributed by atoms with van der Waals surface area (Å²) in [5.74, 6) is -1.52. The molecule has 0 aromatic heterocycles. The number of ether oxygens (including phenoxy) is 3. The highest BCUT2D eigenvalue weighted by molar-refractivity contribution is 6.08. The minimum Gasteiger partial charge on any atom is -0.466 e. The summed E-state index contributed by atoms with van der Waals surface area (Å²) in [6.45, 7) is 0.407. The predicted molar refractivity (Wildman–Crippen MR) is 94.9 cm³/mol. The number of carbonyl (C=O) groups excluding carboxylic acids is 3. The van der Waals surface area contributed by atoms with E-state index >= 15 is 0 Å². The number of esters is 2. The van der Waals surface area contributed by atoms with Crippen molar-refractivity contribution in [1.82, 2.24) is 4.90 Å². The molecule has 1 aromatic rings. The number of β-amino-alcohol motifs (C(OH)–C–C–N with tert-alkyl or cyclic N) is 1. The summed E-state index contributed by atoms with van der Waals surface area (Å²) in [4.78, 5) is 37.6. The molecule has 1 amide bonds. The molecule has 146 valence electrons. The lowest BCUT2D eigenvalue weighted by Gasteiger charge is -2.15. The van der Waals surface area contributed by atoms with Crippen molar-refractivity contribution < 1.29 is 33.7 Å². The van der Waals surface area contributed by atoms with Crippen LogP contribution in [0.15, 0.2) is 35.5 Å². The molecule has 1 heterocycles. The van der Waals surface area contributed by atoms with Crippen molar-refractivity contribution in [2.75, 3.05) is 52.4 Å². The van der Waals surface area contributed by atoms with Crippen LogP contribution in [-0.2, 0) is 23.8 Å². The SMILES string of the molecule is COCCOC(=O)c1ccc(NC2=C(C(=O)OC)CN(CCO)C2=O)cc1. The molecule has 0 radical (unpaired) electrons. The number of rotatable bonds is 9. The molecule has 0 saturated carbocycles. The maximum absolute atomic E-state index is 12.5. The predicted octanol–water partition coefficient (Wildman–Crippen LogP) is 0.163. The van der Waals surface area contributed by atoms with E-state index in [0.29, 0.717) is 17.9 Å². The van der Waals surface area contributed by atoms with Crippen molar-refractivity contribution >= 4 is 23.5 Å². The van der Waals surface area contributed by atoms with Gasteiger partial charge in [-0.25, -0.2) is 9.59 Å². The zero-order valence-corrected chi connectivity index (χ0v) is 15.2. The molecule has 0 aliphatic carbocycles. The third-order valence-electron chi connectivity index (χ3n) is 3.86. The Morgan fingerprint density at radius 1 is 1.15 bits per heavy atom. The highest BCUT2D eigenvalue weighted by atomic mass is 16.6. The van der Waals surface area contributed by atoms with Gasteiger partial charge >= 0.3 is 11.9 Å². The van der Waals surface area contributed by atoms with Crippen molar-refractivity contribution in [3.8, 4) is 0 Å². The fourth-order valence-corrected chi connectivity index (χ4v) is 2.48. The van der Waals surface area contributed by atoms with E-state index in [-0.39, 0.29) is 37.6 Å². The fourth-order valence-electron chi connectivity index (χ4n) is 2.48. The number of aliphatic hydroxyl groups excluding tert-OH is 1. The summed E-state index contributed by atoms with van der Waals surface area (Å²) in [7, 11) is 2.74. The number of aliphatic hydroxyl groups is 1. The van der Waals surface area contributed by atoms with Crippen LogP contribution in [0.4, 0.5) is 5.69 Å². The lowest BCUT2D eigenvalue weighted by molar-refractivity contribution is -0.136. The van der Waals surface area contributed by atoms with E-state index in [0.717, 1.165) is 0 Å². The maximum Gasteiger partial charge on any atom is 0.338 e. The molecule has 9 heteroatoms. The number of amides is 1. The average molecular weight is 378 g/mol. The van der Waals surface area contributed by atoms with E-state index in [1.807, 2.05) is 0 Å². The second kappa shape index (κ2) is 9.70. The Hall–Kier alpha value is -2.91. The lowest BCUT2D eigenvalue weighted by atomic mass is 10.2. The first-order chi connectivity index (χ1) is 13.0. The molecule has 0 spiro atoms. The molecular weight excluding hydrogens is 356 g/mol. The zero-order valence-electron chi connectivity index (χ0n) is 15.2. The first kappa shape index (κ1) is 20.4. The normalized spacial score (nSPS) is 13.7. The van der Waals surface area contributed by atoms with Crippen LogP contribution in [0.2, 0.25) is 0 Å². The first-order valence-electron chi connectivity index (χ1n) is 8.26. The molecule has 9 nitrogen and oxygen atoms in total. The maximum atomic E-state index is 12.5. The van der Waals surface area contributed by atoms with Crippen molar-refractivity contribution in [2.45, 2.75) is 0 Å². The molecule has 1 aliphatic heterocycles. The summed E-state index contributed by atoms with van der Waals surface area (Å²) >= 11 is 0. The van der Waals surface area contributed by atoms with Gasteiger partial charge in [-0.2, -0.15) is 0 Å². The van der Waals surface area contributed by atoms with E-state index in [1.54, 1.807) is 24.3 Å². The number of methoxy groups -OCH3 is 2. The number of benzene rings is 1. The molecule has 0 unspecified atom stereocenters. The van der Waals surface area contributed by atoms with Gasteiger partial charge in [-0.1, -0.05) is 0 Å². The largest absolute Gasteiger partial charge is 0.466 e. The topological polar surface area (TPSA) is 114 Å². The highest BCUT2D eigenvalue weighted by Crippen LogP contribution is 2.23. The molecule has 2 rings (SSSR count). The fraction of sp³-hybridized carbons (Fsp3) is 0.389. The molecule has 27 heavy (non-hydrogen) atoms. The minimum atomic E-state index is -0.621. The van der Waals surface area contributed by atoms with Gasteiger partial charge in [0.25, 0.3) is 5.91 Å². The summed E-state index contributed by atoms with van der Waals surface area (Å²) < 4.78 is 14.6. The molecule has 0 fully saturated rings. The molecular formula is C18H22N2O7. The standard InChI is InChI=1S/C18H22N2O7/c1-25-9-10-27-17(23)12-3-5-13(6-4-12)19-15-14(18(24)26-2)11-20(7-8-21)16(15)22/h3-6,19,21H,7-11H2,1-2H3. The number of anilines is 1. The Balaban J connectivity index is 2.12. The van der Waals surface area contributed by atoms with E-state index < -0.39 is 17.8 Å². The summed E-state index contributed by atoms with van der Waals surface area (Å²) in [5.41, 5.74) is 1.13. The minimum absolute atomic E-state index is 0.0539. The van der Waals surface area contributed by atoms with Crippen LogP contribution in [0.3, 0.4) is 0 Å². The van der Waals surface area contributed by atoms with Gasteiger partial charge in [0.2, 0.25) is 0 Å². The van der Waals surface area contributed by atoms with Crippen LogP contribution in [0.1, 0.15) is 10.4 Å². The first-order valence-corrected chi connectivity index (χ1v) is 8.26. The van der Waals surface area contributed by atoms with Crippen LogP contribution in [-0.4, -0.2) is 75.0 Å². The Morgan fingerprint density at radius 2 is 1.85 bits per heavy atom. The van der Waals surface area contributed by atoms with Gasteiger partial charge in [-0.15, -0.1) is 0 Å². The number of hydrogen-bond donors (Lipinski definition) is 2. The van der Waals surface area contributed by atoms with Crippen molar-refractivity contribution in [1.29, 1.82) is 0 Å². The zero-order chi connectivity index (χ0) is 19.8. The van der Waals surface area contributed by atoms with E-state index in [1.165, 1.54) is 19.1 Å². The van der Waals surface area contributed by atoms with E-state index in [9.17, 15) is 14.4 Å². The third-order valence-corrected chi connectivity index (χ3v) is 3.86. The number of carbonyl (C=O) groups is 3. The Bertz CT molecular complexity index is 728. The smallest absolute Gasteiger partial charge is 0.338 e. The molecule has 0 atom stereocenters. The Morgan fingerprint density at radius 3 is 2.44 bits per heavy atom. The van der Waals surface area contributed by atoms with Crippen molar-refractivity contribution in [3.05, 3.63) is 41.1 Å². The molecule has 0 bridgehead atoms. The monoisotopic (exact) mass is 378 g/mol. The van der Waals surface area contributed by atoms with Gasteiger partial charge in [0.1, 0.15) is 12.3 Å². The molecule has 0 saturated heterocycles. The van der Waals surface area contributed by atoms with Gasteiger partial charge in [0.15, 0.2) is 0 Å². The second-order valence-electron chi connectivity index (χ2n) is 5.63. The molecule has 1 aromatic carbocycles. The van der Waals surface area contributed by atoms with E-state index in [4.69, 9.17) is 19.3 Å². The van der Waals surface area contributed by atoms with Crippen LogP contribution in [0.25, 0.3) is 0 Å². The molecule has 1 aliphatic rings. The average Bonchev–Trinajstić information content (AvgIpc) is 2.98. The van der Waals surface area contributed by atoms with Crippen LogP contribution in [0.5, 0.6) is 0 Å². The van der Waals surface area contributed by atoms with Crippen LogP contribution < -0.4 is 5.32 Å². The van der Waals surface area contributed by atoms with Gasteiger partial charge in [-0.3, -0.25) is 4.79 Å². The summed E-state index contributed by atoms with van der Waals surface area (Å²) in [6, 6.07) is 6.27. The van der Waals surface area contributed by atoms with Gasteiger partial charge in [0, 0.05) is 19.3 Å². The second-order valence-corrected chi connectivity index (χ2v) is 5.63.